The van der Waals surface area contributed by atoms with Crippen molar-refractivity contribution in [2.45, 2.75) is 75.5 Å². The number of carboxylic acids is 1. The van der Waals surface area contributed by atoms with Gasteiger partial charge in [0.2, 0.25) is 0 Å². The van der Waals surface area contributed by atoms with Gasteiger partial charge in [-0.05, 0) is 68.0 Å². The van der Waals surface area contributed by atoms with Crippen molar-refractivity contribution in [2.75, 3.05) is 62.2 Å². The van der Waals surface area contributed by atoms with Gasteiger partial charge in [0.25, 0.3) is 20.4 Å². The minimum Gasteiger partial charge on any atom is -0.480 e. The van der Waals surface area contributed by atoms with Crippen LogP contribution in [0.1, 0.15) is 68.7 Å². The van der Waals surface area contributed by atoms with Crippen LogP contribution in [0, 0.1) is 11.8 Å². The Morgan fingerprint density at radius 2 is 0.957 bits per heavy atom. The number of nitrogens with zero attached hydrogens (tertiary/aromatic N) is 6. The average Bonchev–Trinajstić information content (AvgIpc) is 4.12. The van der Waals surface area contributed by atoms with E-state index < -0.39 is 90.3 Å². The molecule has 2 unspecified atom stereocenters. The first-order valence-electron chi connectivity index (χ1n) is 22.3. The Morgan fingerprint density at radius 3 is 1.29 bits per heavy atom. The molecule has 380 valence electrons. The maximum atomic E-state index is 13.5. The fraction of sp³-hybridized carbons (Fsp3) is 0.478. The van der Waals surface area contributed by atoms with Gasteiger partial charge in [0.1, 0.15) is 28.3 Å². The van der Waals surface area contributed by atoms with Crippen LogP contribution >= 0.6 is 0 Å². The monoisotopic (exact) mass is 1020 g/mol. The van der Waals surface area contributed by atoms with Crippen molar-refractivity contribution in [3.05, 3.63) is 120 Å². The summed E-state index contributed by atoms with van der Waals surface area (Å²) in [5.74, 6) is -2.88. The lowest BCUT2D eigenvalue weighted by molar-refractivity contribution is -0.159. The number of hydrogen-bond donors (Lipinski definition) is 3. The Kier molecular flexibility index (Phi) is 14.5. The molecule has 2 aliphatic carbocycles. The van der Waals surface area contributed by atoms with Crippen molar-refractivity contribution in [1.29, 1.82) is 0 Å². The summed E-state index contributed by atoms with van der Waals surface area (Å²) in [6, 6.07) is 22.5. The van der Waals surface area contributed by atoms with Gasteiger partial charge < -0.3 is 19.6 Å². The Morgan fingerprint density at radius 1 is 0.600 bits per heavy atom. The topological polar surface area (TPSA) is 195 Å². The third-order valence-electron chi connectivity index (χ3n) is 13.2. The highest BCUT2D eigenvalue weighted by atomic mass is 32.2. The highest BCUT2D eigenvalue weighted by Crippen LogP contribution is 2.59. The number of nitrogens with one attached hydrogen (secondary N) is 2. The lowest BCUT2D eigenvalue weighted by Gasteiger charge is -2.35. The first-order valence-corrected chi connectivity index (χ1v) is 25.2. The normalized spacial score (nSPS) is 25.6. The van der Waals surface area contributed by atoms with Crippen molar-refractivity contribution < 1.29 is 62.6 Å². The van der Waals surface area contributed by atoms with Crippen LogP contribution in [0.2, 0.25) is 0 Å². The maximum Gasteiger partial charge on any atom is 0.417 e. The van der Waals surface area contributed by atoms with Crippen LogP contribution in [0.25, 0.3) is 0 Å². The molecule has 4 fully saturated rings. The molecule has 24 heteroatoms. The molecule has 0 radical (unpaired) electrons. The van der Waals surface area contributed by atoms with Gasteiger partial charge >= 0.3 is 24.3 Å². The summed E-state index contributed by atoms with van der Waals surface area (Å²) in [5, 5.41) is 9.90. The Labute approximate surface area is 402 Å². The van der Waals surface area contributed by atoms with Crippen LogP contribution in [-0.2, 0) is 47.1 Å². The van der Waals surface area contributed by atoms with E-state index >= 15 is 0 Å². The summed E-state index contributed by atoms with van der Waals surface area (Å²) in [5.41, 5.74) is -4.01. The second kappa shape index (κ2) is 19.3. The number of rotatable bonds is 12. The number of halogens is 6. The van der Waals surface area contributed by atoms with E-state index in [1.54, 1.807) is 67.8 Å². The molecule has 2 aromatic carbocycles. The molecule has 0 spiro atoms. The maximum absolute atomic E-state index is 13.5. The van der Waals surface area contributed by atoms with E-state index in [4.69, 9.17) is 4.74 Å². The number of aromatic nitrogens is 2. The summed E-state index contributed by atoms with van der Waals surface area (Å²) >= 11 is 0. The van der Waals surface area contributed by atoms with E-state index in [9.17, 15) is 57.9 Å². The van der Waals surface area contributed by atoms with E-state index in [0.29, 0.717) is 11.6 Å². The van der Waals surface area contributed by atoms with Crippen LogP contribution in [0.3, 0.4) is 0 Å². The largest absolute Gasteiger partial charge is 0.480 e. The number of esters is 1. The average molecular weight is 1030 g/mol. The number of aliphatic carboxylic acids is 1. The highest BCUT2D eigenvalue weighted by molar-refractivity contribution is 7.87. The third kappa shape index (κ3) is 10.9. The van der Waals surface area contributed by atoms with Gasteiger partial charge in [-0.1, -0.05) is 74.5 Å². The number of carbonyl (C=O) groups excluding carboxylic acids is 1. The number of piperazine rings is 2. The molecule has 2 aromatic heterocycles. The zero-order valence-electron chi connectivity index (χ0n) is 38.8. The summed E-state index contributed by atoms with van der Waals surface area (Å²) < 4.78 is 143. The molecule has 2 aliphatic heterocycles. The van der Waals surface area contributed by atoms with Crippen LogP contribution < -0.4 is 19.2 Å². The number of carbonyl (C=O) groups is 2. The SMILES string of the molecule is C[C@H]1C(c2ccccc2)[C@]1(NS(=O)(=O)N1CCN(c2ccc(C(F)(F)F)cn2)CC1)C(=O)O.C[C@H]1C(c2ccccc2)[C@]1(NS(=O)(=O)N1CCN(c2ccc(C(F)(F)F)cn2)CC1)C(=O)OC(C)(C)C. The number of benzene rings is 2. The second-order valence-corrected chi connectivity index (χ2v) is 22.0. The molecule has 2 saturated heterocycles. The molecule has 8 rings (SSSR count). The molecular formula is C46H54F6N8O8S2. The van der Waals surface area contributed by atoms with E-state index in [2.05, 4.69) is 19.4 Å². The van der Waals surface area contributed by atoms with Gasteiger partial charge in [0, 0.05) is 76.6 Å². The molecule has 6 atom stereocenters. The molecule has 0 amide bonds. The van der Waals surface area contributed by atoms with Gasteiger partial charge in [0.05, 0.1) is 11.1 Å². The quantitative estimate of drug-likeness (QED) is 0.113. The van der Waals surface area contributed by atoms with Gasteiger partial charge in [-0.25, -0.2) is 14.8 Å². The van der Waals surface area contributed by atoms with Crippen LogP contribution in [-0.4, -0.2) is 121 Å². The summed E-state index contributed by atoms with van der Waals surface area (Å²) in [6.45, 7) is 9.81. The molecular weight excluding hydrogens is 971 g/mol. The minimum absolute atomic E-state index is 0.0398. The predicted molar refractivity (Wildman–Crippen MR) is 246 cm³/mol. The van der Waals surface area contributed by atoms with E-state index in [0.717, 1.165) is 40.0 Å². The lowest BCUT2D eigenvalue weighted by Crippen LogP contribution is -2.57. The summed E-state index contributed by atoms with van der Waals surface area (Å²) in [4.78, 5) is 36.7. The molecule has 4 aliphatic rings. The fourth-order valence-corrected chi connectivity index (χ4v) is 12.5. The summed E-state index contributed by atoms with van der Waals surface area (Å²) in [6.07, 6.45) is -7.45. The van der Waals surface area contributed by atoms with Crippen LogP contribution in [0.4, 0.5) is 38.0 Å². The first-order chi connectivity index (χ1) is 32.6. The minimum atomic E-state index is -4.48. The van der Waals surface area contributed by atoms with Gasteiger partial charge in [-0.3, -0.25) is 4.79 Å². The number of alkyl halides is 6. The third-order valence-corrected chi connectivity index (χ3v) is 16.4. The van der Waals surface area contributed by atoms with E-state index in [1.165, 1.54) is 16.4 Å². The van der Waals surface area contributed by atoms with Crippen molar-refractivity contribution in [3.8, 4) is 0 Å². The first kappa shape index (κ1) is 52.4. The number of pyridine rings is 2. The Balaban J connectivity index is 0.000000208. The number of anilines is 2. The van der Waals surface area contributed by atoms with Gasteiger partial charge in [0.15, 0.2) is 0 Å². The Hall–Kier alpha value is -5.40. The van der Waals surface area contributed by atoms with Crippen LogP contribution in [0.5, 0.6) is 0 Å². The number of carboxylic acid groups (broad SMARTS) is 1. The van der Waals surface area contributed by atoms with Crippen molar-refractivity contribution in [3.63, 3.8) is 0 Å². The molecule has 70 heavy (non-hydrogen) atoms. The zero-order valence-corrected chi connectivity index (χ0v) is 40.4. The number of hydrogen-bond acceptors (Lipinski definition) is 11. The van der Waals surface area contributed by atoms with Crippen molar-refractivity contribution in [1.82, 2.24) is 28.0 Å². The van der Waals surface area contributed by atoms with Crippen LogP contribution in [0.15, 0.2) is 97.3 Å². The molecule has 4 heterocycles. The smallest absolute Gasteiger partial charge is 0.417 e. The van der Waals surface area contributed by atoms with Gasteiger partial charge in [-0.15, -0.1) is 0 Å². The standard InChI is InChI=1S/C25H31F3N4O4S.C21H23F3N4O4S/c1-17-21(18-8-6-5-7-9-18)24(17,22(33)36-23(2,3)4)30-37(34,35)32-14-12-31(13-15-32)20-11-10-19(16-29-20)25(26,27)28;1-14-18(15-5-3-2-4-6-15)20(14,19(29)30)26-33(31,32)28-11-9-27(10-12-28)17-8-7-16(13-25-17)21(22,23)24/h5-11,16-17,21,30H,12-15H2,1-4H3;2-8,13-14,18,26H,9-12H2,1H3,(H,29,30)/t17-,21?,24-;14-,18?,20-/m00/s1. The fourth-order valence-electron chi connectivity index (χ4n) is 9.30. The zero-order chi connectivity index (χ0) is 51.2. The second-order valence-electron chi connectivity index (χ2n) is 18.7. The molecule has 0 bridgehead atoms. The molecule has 3 N–H and O–H groups in total. The van der Waals surface area contributed by atoms with E-state index in [1.807, 2.05) is 37.3 Å². The van der Waals surface area contributed by atoms with Crippen molar-refractivity contribution in [2.24, 2.45) is 11.8 Å². The summed E-state index contributed by atoms with van der Waals surface area (Å²) in [7, 11) is -8.22. The molecule has 2 saturated carbocycles. The Bertz CT molecular complexity index is 2720. The number of ether oxygens (including phenoxy) is 1. The highest BCUT2D eigenvalue weighted by Gasteiger charge is 2.72. The molecule has 16 nitrogen and oxygen atoms in total. The lowest BCUT2D eigenvalue weighted by atomic mass is 10.1. The van der Waals surface area contributed by atoms with Gasteiger partial charge in [-0.2, -0.15) is 61.2 Å². The molecule has 4 aromatic rings. The van der Waals surface area contributed by atoms with E-state index in [-0.39, 0.29) is 58.3 Å². The predicted octanol–water partition coefficient (Wildman–Crippen LogP) is 5.88. The van der Waals surface area contributed by atoms with Crippen molar-refractivity contribution >= 4 is 44.0 Å².